The molecule has 0 saturated heterocycles. The van der Waals surface area contributed by atoms with Crippen molar-refractivity contribution in [1.82, 2.24) is 5.32 Å². The van der Waals surface area contributed by atoms with E-state index in [1.165, 1.54) is 0 Å². The molecule has 4 nitrogen and oxygen atoms in total. The number of carboxylic acid groups (broad SMARTS) is 1. The molecule has 0 spiro atoms. The SMILES string of the molecule is CNC(CN(C)c1cc(Br)cs1)C(=O)O. The summed E-state index contributed by atoms with van der Waals surface area (Å²) >= 11 is 4.94. The van der Waals surface area contributed by atoms with Gasteiger partial charge in [0.2, 0.25) is 0 Å². The van der Waals surface area contributed by atoms with Gasteiger partial charge in [0.15, 0.2) is 0 Å². The Morgan fingerprint density at radius 1 is 1.80 bits per heavy atom. The predicted octanol–water partition coefficient (Wildman–Crippen LogP) is 1.62. The quantitative estimate of drug-likeness (QED) is 0.866. The number of hydrogen-bond acceptors (Lipinski definition) is 4. The van der Waals surface area contributed by atoms with Crippen molar-refractivity contribution in [1.29, 1.82) is 0 Å². The smallest absolute Gasteiger partial charge is 0.322 e. The van der Waals surface area contributed by atoms with Crippen LogP contribution in [0.25, 0.3) is 0 Å². The van der Waals surface area contributed by atoms with Crippen molar-refractivity contribution in [2.45, 2.75) is 6.04 Å². The Morgan fingerprint density at radius 3 is 2.87 bits per heavy atom. The van der Waals surface area contributed by atoms with Crippen molar-refractivity contribution in [3.05, 3.63) is 15.9 Å². The summed E-state index contributed by atoms with van der Waals surface area (Å²) in [5.74, 6) is -0.833. The highest BCUT2D eigenvalue weighted by atomic mass is 79.9. The van der Waals surface area contributed by atoms with Crippen molar-refractivity contribution in [3.63, 3.8) is 0 Å². The molecule has 1 aromatic rings. The fourth-order valence-corrected chi connectivity index (χ4v) is 2.56. The molecule has 15 heavy (non-hydrogen) atoms. The van der Waals surface area contributed by atoms with Crippen LogP contribution in [-0.2, 0) is 4.79 Å². The molecule has 6 heteroatoms. The molecule has 1 atom stereocenters. The van der Waals surface area contributed by atoms with Crippen LogP contribution in [0.2, 0.25) is 0 Å². The molecule has 1 unspecified atom stereocenters. The van der Waals surface area contributed by atoms with Crippen molar-refractivity contribution in [2.24, 2.45) is 0 Å². The van der Waals surface area contributed by atoms with E-state index in [-0.39, 0.29) is 0 Å². The van der Waals surface area contributed by atoms with Gasteiger partial charge in [-0.2, -0.15) is 0 Å². The minimum Gasteiger partial charge on any atom is -0.480 e. The fraction of sp³-hybridized carbons (Fsp3) is 0.444. The standard InChI is InChI=1S/C9H13BrN2O2S/c1-11-7(9(13)14)4-12(2)8-3-6(10)5-15-8/h3,5,7,11H,4H2,1-2H3,(H,13,14). The monoisotopic (exact) mass is 292 g/mol. The summed E-state index contributed by atoms with van der Waals surface area (Å²) in [5.41, 5.74) is 0. The molecule has 84 valence electrons. The van der Waals surface area contributed by atoms with E-state index in [9.17, 15) is 4.79 Å². The van der Waals surface area contributed by atoms with Crippen LogP contribution >= 0.6 is 27.3 Å². The number of rotatable bonds is 5. The third-order valence-electron chi connectivity index (χ3n) is 2.03. The maximum absolute atomic E-state index is 10.8. The van der Waals surface area contributed by atoms with E-state index in [0.29, 0.717) is 6.54 Å². The summed E-state index contributed by atoms with van der Waals surface area (Å²) in [6.45, 7) is 0.443. The summed E-state index contributed by atoms with van der Waals surface area (Å²) in [4.78, 5) is 12.7. The lowest BCUT2D eigenvalue weighted by molar-refractivity contribution is -0.139. The van der Waals surface area contributed by atoms with Crippen LogP contribution in [0.5, 0.6) is 0 Å². The van der Waals surface area contributed by atoms with Gasteiger partial charge in [-0.15, -0.1) is 11.3 Å². The van der Waals surface area contributed by atoms with E-state index in [4.69, 9.17) is 5.11 Å². The number of anilines is 1. The maximum Gasteiger partial charge on any atom is 0.322 e. The zero-order valence-corrected chi connectivity index (χ0v) is 10.9. The molecular formula is C9H13BrN2O2S. The largest absolute Gasteiger partial charge is 0.480 e. The van der Waals surface area contributed by atoms with Gasteiger partial charge in [0, 0.05) is 23.4 Å². The number of carbonyl (C=O) groups is 1. The first-order valence-electron chi connectivity index (χ1n) is 4.40. The fourth-order valence-electron chi connectivity index (χ4n) is 1.16. The number of nitrogens with one attached hydrogen (secondary N) is 1. The molecule has 0 fully saturated rings. The number of carboxylic acids is 1. The third-order valence-corrected chi connectivity index (χ3v) is 3.84. The zero-order chi connectivity index (χ0) is 11.4. The van der Waals surface area contributed by atoms with Crippen LogP contribution in [0.4, 0.5) is 5.00 Å². The Kier molecular flexibility index (Phi) is 4.56. The summed E-state index contributed by atoms with van der Waals surface area (Å²) < 4.78 is 1.02. The van der Waals surface area contributed by atoms with Crippen LogP contribution in [0.1, 0.15) is 0 Å². The van der Waals surface area contributed by atoms with Gasteiger partial charge in [0.1, 0.15) is 6.04 Å². The number of hydrogen-bond donors (Lipinski definition) is 2. The van der Waals surface area contributed by atoms with Gasteiger partial charge in [-0.25, -0.2) is 0 Å². The van der Waals surface area contributed by atoms with E-state index in [0.717, 1.165) is 9.47 Å². The molecule has 0 aliphatic rings. The molecule has 0 aliphatic heterocycles. The molecule has 0 radical (unpaired) electrons. The Labute approximate surface area is 101 Å². The molecule has 0 bridgehead atoms. The number of aliphatic carboxylic acids is 1. The highest BCUT2D eigenvalue weighted by Crippen LogP contribution is 2.27. The molecule has 1 rings (SSSR count). The molecule has 0 aliphatic carbocycles. The summed E-state index contributed by atoms with van der Waals surface area (Å²) in [5, 5.41) is 14.7. The second-order valence-corrected chi connectivity index (χ2v) is 4.97. The molecule has 1 heterocycles. The van der Waals surface area contributed by atoms with E-state index < -0.39 is 12.0 Å². The lowest BCUT2D eigenvalue weighted by atomic mass is 10.3. The molecule has 2 N–H and O–H groups in total. The lowest BCUT2D eigenvalue weighted by Gasteiger charge is -2.21. The first-order valence-corrected chi connectivity index (χ1v) is 6.07. The number of thiophene rings is 1. The predicted molar refractivity (Wildman–Crippen MR) is 65.8 cm³/mol. The number of halogens is 1. The van der Waals surface area contributed by atoms with Crippen molar-refractivity contribution < 1.29 is 9.90 Å². The second-order valence-electron chi connectivity index (χ2n) is 3.16. The average molecular weight is 293 g/mol. The first-order chi connectivity index (χ1) is 7.04. The highest BCUT2D eigenvalue weighted by molar-refractivity contribution is 9.10. The van der Waals surface area contributed by atoms with E-state index in [1.54, 1.807) is 18.4 Å². The van der Waals surface area contributed by atoms with Crippen LogP contribution in [-0.4, -0.2) is 37.8 Å². The summed E-state index contributed by atoms with van der Waals surface area (Å²) in [6.07, 6.45) is 0. The van der Waals surface area contributed by atoms with Gasteiger partial charge in [0.25, 0.3) is 0 Å². The molecule has 0 saturated carbocycles. The number of likely N-dealkylation sites (N-methyl/N-ethyl adjacent to an activating group) is 2. The third kappa shape index (κ3) is 3.48. The van der Waals surface area contributed by atoms with Gasteiger partial charge >= 0.3 is 5.97 Å². The zero-order valence-electron chi connectivity index (χ0n) is 8.53. The van der Waals surface area contributed by atoms with Gasteiger partial charge < -0.3 is 15.3 Å². The van der Waals surface area contributed by atoms with E-state index >= 15 is 0 Å². The van der Waals surface area contributed by atoms with E-state index in [1.807, 2.05) is 23.4 Å². The van der Waals surface area contributed by atoms with Crippen LogP contribution in [0.3, 0.4) is 0 Å². The van der Waals surface area contributed by atoms with Crippen LogP contribution < -0.4 is 10.2 Å². The average Bonchev–Trinajstić information content (AvgIpc) is 2.60. The topological polar surface area (TPSA) is 52.6 Å². The Hall–Kier alpha value is -0.590. The van der Waals surface area contributed by atoms with E-state index in [2.05, 4.69) is 21.2 Å². The maximum atomic E-state index is 10.8. The summed E-state index contributed by atoms with van der Waals surface area (Å²) in [7, 11) is 3.53. The number of nitrogens with zero attached hydrogens (tertiary/aromatic N) is 1. The van der Waals surface area contributed by atoms with Gasteiger partial charge in [0.05, 0.1) is 5.00 Å². The van der Waals surface area contributed by atoms with Crippen molar-refractivity contribution in [2.75, 3.05) is 25.5 Å². The molecule has 0 aromatic carbocycles. The normalized spacial score (nSPS) is 12.5. The van der Waals surface area contributed by atoms with Crippen LogP contribution in [0.15, 0.2) is 15.9 Å². The lowest BCUT2D eigenvalue weighted by Crippen LogP contribution is -2.43. The first kappa shape index (κ1) is 12.5. The van der Waals surface area contributed by atoms with Gasteiger partial charge in [-0.3, -0.25) is 4.79 Å². The van der Waals surface area contributed by atoms with Gasteiger partial charge in [-0.1, -0.05) is 0 Å². The minimum absolute atomic E-state index is 0.443. The molecular weight excluding hydrogens is 280 g/mol. The molecule has 1 aromatic heterocycles. The summed E-state index contributed by atoms with van der Waals surface area (Å²) in [6, 6.07) is 1.43. The highest BCUT2D eigenvalue weighted by Gasteiger charge is 2.17. The van der Waals surface area contributed by atoms with Crippen molar-refractivity contribution in [3.8, 4) is 0 Å². The Morgan fingerprint density at radius 2 is 2.47 bits per heavy atom. The Bertz CT molecular complexity index is 343. The second kappa shape index (κ2) is 5.48. The van der Waals surface area contributed by atoms with Gasteiger partial charge in [-0.05, 0) is 29.0 Å². The van der Waals surface area contributed by atoms with Crippen molar-refractivity contribution >= 4 is 38.2 Å². The van der Waals surface area contributed by atoms with Crippen LogP contribution in [0, 0.1) is 0 Å². The Balaban J connectivity index is 2.62. The molecule has 0 amide bonds. The minimum atomic E-state index is -0.833.